The lowest BCUT2D eigenvalue weighted by molar-refractivity contribution is -0.0129. The number of nitrogens with zero attached hydrogens (tertiary/aromatic N) is 2. The van der Waals surface area contributed by atoms with Crippen molar-refractivity contribution in [3.05, 3.63) is 18.0 Å². The molecule has 104 valence electrons. The number of hydrogen-bond donors (Lipinski definition) is 6. The predicted molar refractivity (Wildman–Crippen MR) is 69.1 cm³/mol. The minimum atomic E-state index is -1.14. The Labute approximate surface area is 109 Å². The quantitative estimate of drug-likeness (QED) is 0.368. The van der Waals surface area contributed by atoms with E-state index >= 15 is 0 Å². The fraction of sp³-hybridized carbons (Fsp3) is 0.455. The third kappa shape index (κ3) is 3.18. The van der Waals surface area contributed by atoms with Crippen molar-refractivity contribution in [2.75, 3.05) is 18.9 Å². The number of aromatic amines is 1. The van der Waals surface area contributed by atoms with E-state index < -0.39 is 18.8 Å². The van der Waals surface area contributed by atoms with Gasteiger partial charge in [0, 0.05) is 24.8 Å². The number of nitrogens with two attached hydrogens (primary N) is 1. The fourth-order valence-electron chi connectivity index (χ4n) is 1.73. The summed E-state index contributed by atoms with van der Waals surface area (Å²) in [6.07, 6.45) is 1.22. The third-order valence-corrected chi connectivity index (χ3v) is 2.81. The maximum absolute atomic E-state index is 9.48. The highest BCUT2D eigenvalue weighted by Gasteiger charge is 2.14. The molecule has 0 saturated heterocycles. The van der Waals surface area contributed by atoms with Crippen LogP contribution in [-0.2, 0) is 6.54 Å². The number of nitrogens with one attached hydrogen (secondary N) is 2. The van der Waals surface area contributed by atoms with Crippen molar-refractivity contribution < 1.29 is 15.3 Å². The first-order valence-corrected chi connectivity index (χ1v) is 5.88. The van der Waals surface area contributed by atoms with E-state index in [0.29, 0.717) is 6.54 Å². The normalized spacial score (nSPS) is 14.7. The lowest BCUT2D eigenvalue weighted by Crippen LogP contribution is -2.38. The van der Waals surface area contributed by atoms with Gasteiger partial charge in [0.15, 0.2) is 0 Å². The summed E-state index contributed by atoms with van der Waals surface area (Å²) in [4.78, 5) is 11.0. The lowest BCUT2D eigenvalue weighted by atomic mass is 10.2. The smallest absolute Gasteiger partial charge is 0.220 e. The van der Waals surface area contributed by atoms with E-state index in [1.165, 1.54) is 0 Å². The predicted octanol–water partition coefficient (Wildman–Crippen LogP) is -1.66. The highest BCUT2D eigenvalue weighted by Crippen LogP contribution is 2.15. The van der Waals surface area contributed by atoms with Crippen LogP contribution in [0.2, 0.25) is 0 Å². The van der Waals surface area contributed by atoms with E-state index in [9.17, 15) is 10.2 Å². The first-order valence-electron chi connectivity index (χ1n) is 5.88. The zero-order chi connectivity index (χ0) is 13.8. The van der Waals surface area contributed by atoms with E-state index in [-0.39, 0.29) is 12.5 Å². The molecule has 0 saturated carbocycles. The molecular formula is C11H17N5O3. The van der Waals surface area contributed by atoms with Gasteiger partial charge in [-0.05, 0) is 0 Å². The van der Waals surface area contributed by atoms with Crippen LogP contribution >= 0.6 is 0 Å². The molecule has 2 rings (SSSR count). The molecule has 2 aromatic heterocycles. The topological polar surface area (TPSA) is 140 Å². The number of aliphatic hydroxyl groups is 3. The Morgan fingerprint density at radius 3 is 2.89 bits per heavy atom. The largest absolute Gasteiger partial charge is 0.394 e. The molecule has 19 heavy (non-hydrogen) atoms. The monoisotopic (exact) mass is 267 g/mol. The Balaban J connectivity index is 1.96. The fourth-order valence-corrected chi connectivity index (χ4v) is 1.73. The average Bonchev–Trinajstić information content (AvgIpc) is 2.80. The highest BCUT2D eigenvalue weighted by molar-refractivity contribution is 5.78. The molecule has 0 aliphatic rings. The van der Waals surface area contributed by atoms with Crippen molar-refractivity contribution in [1.29, 1.82) is 0 Å². The molecule has 8 nitrogen and oxygen atoms in total. The molecule has 0 radical (unpaired) electrons. The van der Waals surface area contributed by atoms with E-state index in [4.69, 9.17) is 10.8 Å². The van der Waals surface area contributed by atoms with Crippen molar-refractivity contribution in [3.8, 4) is 0 Å². The first kappa shape index (κ1) is 13.7. The standard InChI is InChI=1S/C11H17N5O3/c12-11-15-3-7-10(16-11)6(2-14-7)1-13-4-8(18)9(19)5-17/h2-3,8-9,13-14,17-19H,1,4-5H2,(H2,12,15,16)/t8-,9+/m0/s1. The lowest BCUT2D eigenvalue weighted by Gasteiger charge is -2.15. The second-order valence-corrected chi connectivity index (χ2v) is 4.25. The summed E-state index contributed by atoms with van der Waals surface area (Å²) in [6.45, 7) is 0.139. The third-order valence-electron chi connectivity index (χ3n) is 2.81. The van der Waals surface area contributed by atoms with Crippen molar-refractivity contribution in [2.45, 2.75) is 18.8 Å². The van der Waals surface area contributed by atoms with Gasteiger partial charge in [0.1, 0.15) is 6.10 Å². The van der Waals surface area contributed by atoms with Crippen LogP contribution in [0.15, 0.2) is 12.4 Å². The minimum Gasteiger partial charge on any atom is -0.394 e. The molecule has 0 aliphatic heterocycles. The number of anilines is 1. The highest BCUT2D eigenvalue weighted by atomic mass is 16.4. The van der Waals surface area contributed by atoms with Gasteiger partial charge in [0.25, 0.3) is 0 Å². The van der Waals surface area contributed by atoms with Crippen LogP contribution < -0.4 is 11.1 Å². The summed E-state index contributed by atoms with van der Waals surface area (Å²) < 4.78 is 0. The van der Waals surface area contributed by atoms with Crippen LogP contribution in [0.25, 0.3) is 11.0 Å². The molecule has 2 atom stereocenters. The number of H-pyrrole nitrogens is 1. The van der Waals surface area contributed by atoms with Crippen molar-refractivity contribution in [2.24, 2.45) is 0 Å². The number of rotatable bonds is 6. The molecule has 0 spiro atoms. The van der Waals surface area contributed by atoms with Crippen molar-refractivity contribution in [1.82, 2.24) is 20.3 Å². The van der Waals surface area contributed by atoms with Gasteiger partial charge in [-0.15, -0.1) is 0 Å². The van der Waals surface area contributed by atoms with Crippen LogP contribution in [0.4, 0.5) is 5.95 Å². The molecule has 2 heterocycles. The van der Waals surface area contributed by atoms with Crippen LogP contribution in [0.1, 0.15) is 5.56 Å². The number of aliphatic hydroxyl groups excluding tert-OH is 3. The Kier molecular flexibility index (Phi) is 4.27. The molecule has 8 heteroatoms. The minimum absolute atomic E-state index is 0.162. The first-order chi connectivity index (χ1) is 9.11. The van der Waals surface area contributed by atoms with Crippen molar-refractivity contribution >= 4 is 17.0 Å². The Morgan fingerprint density at radius 2 is 2.16 bits per heavy atom. The molecule has 0 aliphatic carbocycles. The van der Waals surface area contributed by atoms with Gasteiger partial charge in [-0.3, -0.25) is 0 Å². The van der Waals surface area contributed by atoms with E-state index in [1.807, 2.05) is 0 Å². The maximum atomic E-state index is 9.48. The van der Waals surface area contributed by atoms with Gasteiger partial charge in [-0.2, -0.15) is 0 Å². The van der Waals surface area contributed by atoms with E-state index in [2.05, 4.69) is 20.3 Å². The second kappa shape index (κ2) is 5.93. The van der Waals surface area contributed by atoms with E-state index in [1.54, 1.807) is 12.4 Å². The Bertz CT molecular complexity index is 544. The molecule has 0 unspecified atom stereocenters. The van der Waals surface area contributed by atoms with Gasteiger partial charge in [0.2, 0.25) is 5.95 Å². The Hall–Kier alpha value is -1.74. The number of nitrogen functional groups attached to an aromatic ring is 1. The summed E-state index contributed by atoms with van der Waals surface area (Å²) in [5.74, 6) is 0.198. The zero-order valence-corrected chi connectivity index (χ0v) is 10.2. The van der Waals surface area contributed by atoms with Crippen LogP contribution in [0.5, 0.6) is 0 Å². The van der Waals surface area contributed by atoms with Crippen LogP contribution in [-0.4, -0.2) is 55.6 Å². The summed E-state index contributed by atoms with van der Waals surface area (Å²) in [7, 11) is 0. The number of fused-ring (bicyclic) bond motifs is 1. The van der Waals surface area contributed by atoms with E-state index in [0.717, 1.165) is 16.6 Å². The van der Waals surface area contributed by atoms with Gasteiger partial charge in [0.05, 0.1) is 29.9 Å². The zero-order valence-electron chi connectivity index (χ0n) is 10.2. The summed E-state index contributed by atoms with van der Waals surface area (Å²) in [5, 5.41) is 30.3. The number of hydrogen-bond acceptors (Lipinski definition) is 7. The average molecular weight is 267 g/mol. The molecule has 0 amide bonds. The van der Waals surface area contributed by atoms with Gasteiger partial charge in [-0.1, -0.05) is 0 Å². The van der Waals surface area contributed by atoms with Crippen LogP contribution in [0, 0.1) is 0 Å². The van der Waals surface area contributed by atoms with Gasteiger partial charge in [-0.25, -0.2) is 9.97 Å². The molecule has 2 aromatic rings. The molecule has 0 fully saturated rings. The van der Waals surface area contributed by atoms with Gasteiger partial charge < -0.3 is 31.4 Å². The van der Waals surface area contributed by atoms with Gasteiger partial charge >= 0.3 is 0 Å². The molecule has 0 bridgehead atoms. The molecule has 0 aromatic carbocycles. The number of aromatic nitrogens is 3. The SMILES string of the molecule is Nc1ncc2[nH]cc(CNC[C@H](O)[C@H](O)CO)c2n1. The summed E-state index contributed by atoms with van der Waals surface area (Å²) >= 11 is 0. The second-order valence-electron chi connectivity index (χ2n) is 4.25. The molecule has 7 N–H and O–H groups in total. The summed E-state index contributed by atoms with van der Waals surface area (Å²) in [5.41, 5.74) is 7.91. The van der Waals surface area contributed by atoms with Crippen LogP contribution in [0.3, 0.4) is 0 Å². The maximum Gasteiger partial charge on any atom is 0.220 e. The summed E-state index contributed by atoms with van der Waals surface area (Å²) in [6, 6.07) is 0. The Morgan fingerprint density at radius 1 is 1.37 bits per heavy atom. The molecular weight excluding hydrogens is 250 g/mol. The van der Waals surface area contributed by atoms with Crippen molar-refractivity contribution in [3.63, 3.8) is 0 Å².